The van der Waals surface area contributed by atoms with Crippen molar-refractivity contribution in [2.24, 2.45) is 5.92 Å². The Balaban J connectivity index is 2.04. The van der Waals surface area contributed by atoms with Crippen LogP contribution < -0.4 is 4.74 Å². The summed E-state index contributed by atoms with van der Waals surface area (Å²) < 4.78 is 6.44. The molecule has 158 valence electrons. The van der Waals surface area contributed by atoms with Gasteiger partial charge in [0, 0.05) is 16.6 Å². The average molecular weight is 474 g/mol. The van der Waals surface area contributed by atoms with Crippen LogP contribution in [0.3, 0.4) is 0 Å². The fraction of sp³-hybridized carbons (Fsp3) is 0.304. The molecule has 1 atom stereocenters. The minimum Gasteiger partial charge on any atom is -0.507 e. The lowest BCUT2D eigenvalue weighted by Crippen LogP contribution is -2.32. The predicted octanol–water partition coefficient (Wildman–Crippen LogP) is 3.90. The van der Waals surface area contributed by atoms with Gasteiger partial charge in [-0.15, -0.1) is 0 Å². The van der Waals surface area contributed by atoms with Crippen molar-refractivity contribution in [3.63, 3.8) is 0 Å². The quantitative estimate of drug-likeness (QED) is 0.361. The molecule has 30 heavy (non-hydrogen) atoms. The number of amides is 1. The lowest BCUT2D eigenvalue weighted by atomic mass is 9.95. The Morgan fingerprint density at radius 1 is 1.17 bits per heavy atom. The number of benzene rings is 2. The number of carbonyl (C=O) groups is 2. The molecule has 1 amide bonds. The Morgan fingerprint density at radius 2 is 1.87 bits per heavy atom. The Morgan fingerprint density at radius 3 is 2.47 bits per heavy atom. The zero-order chi connectivity index (χ0) is 21.8. The van der Waals surface area contributed by atoms with Crippen LogP contribution in [0.25, 0.3) is 5.76 Å². The van der Waals surface area contributed by atoms with Gasteiger partial charge in [0.1, 0.15) is 11.5 Å². The van der Waals surface area contributed by atoms with E-state index < -0.39 is 17.7 Å². The first-order valence-electron chi connectivity index (χ1n) is 9.71. The van der Waals surface area contributed by atoms with E-state index in [4.69, 9.17) is 4.74 Å². The normalized spacial score (nSPS) is 18.3. The van der Waals surface area contributed by atoms with Crippen molar-refractivity contribution in [3.05, 3.63) is 69.7 Å². The molecule has 1 aliphatic rings. The topological polar surface area (TPSA) is 87.1 Å². The number of ether oxygens (including phenoxy) is 1. The fourth-order valence-corrected chi connectivity index (χ4v) is 3.79. The number of ketones is 1. The Labute approximate surface area is 183 Å². The molecule has 1 aliphatic heterocycles. The smallest absolute Gasteiger partial charge is 0.295 e. The second-order valence-corrected chi connectivity index (χ2v) is 8.42. The number of Topliss-reactive ketones (excluding diaryl/α,β-unsaturated/α-hetero) is 1. The molecular weight excluding hydrogens is 450 g/mol. The van der Waals surface area contributed by atoms with E-state index in [1.165, 1.54) is 4.90 Å². The van der Waals surface area contributed by atoms with Gasteiger partial charge in [0.25, 0.3) is 11.7 Å². The highest BCUT2D eigenvalue weighted by atomic mass is 79.9. The van der Waals surface area contributed by atoms with Gasteiger partial charge in [-0.25, -0.2) is 0 Å². The van der Waals surface area contributed by atoms with Gasteiger partial charge in [-0.1, -0.05) is 41.9 Å². The summed E-state index contributed by atoms with van der Waals surface area (Å²) in [5.74, 6) is -0.733. The van der Waals surface area contributed by atoms with Gasteiger partial charge >= 0.3 is 0 Å². The van der Waals surface area contributed by atoms with Crippen LogP contribution >= 0.6 is 15.9 Å². The fourth-order valence-electron chi connectivity index (χ4n) is 3.37. The number of likely N-dealkylation sites (tertiary alicyclic amines) is 1. The van der Waals surface area contributed by atoms with Crippen molar-refractivity contribution in [3.8, 4) is 5.75 Å². The number of aliphatic hydroxyl groups excluding tert-OH is 2. The summed E-state index contributed by atoms with van der Waals surface area (Å²) in [5, 5.41) is 20.4. The Kier molecular flexibility index (Phi) is 6.95. The van der Waals surface area contributed by atoms with E-state index in [1.807, 2.05) is 19.9 Å². The van der Waals surface area contributed by atoms with Gasteiger partial charge < -0.3 is 19.8 Å². The highest BCUT2D eigenvalue weighted by molar-refractivity contribution is 9.10. The van der Waals surface area contributed by atoms with Gasteiger partial charge in [-0.2, -0.15) is 0 Å². The van der Waals surface area contributed by atoms with Gasteiger partial charge in [0.05, 0.1) is 24.8 Å². The standard InChI is InChI=1S/C23H24BrNO5/c1-14(2)13-30-18-8-6-15(7-9-18)21(27)19-20(16-4-3-5-17(24)12-16)25(10-11-26)23(29)22(19)28/h3-9,12,14,20,26-27H,10-11,13H2,1-2H3. The number of β-amino-alcohol motifs (C(OH)–C–C–N with tert-alkyl or cyclic N) is 1. The van der Waals surface area contributed by atoms with Crippen molar-refractivity contribution < 1.29 is 24.5 Å². The summed E-state index contributed by atoms with van der Waals surface area (Å²) in [6.07, 6.45) is 0. The lowest BCUT2D eigenvalue weighted by molar-refractivity contribution is -0.140. The summed E-state index contributed by atoms with van der Waals surface area (Å²) in [4.78, 5) is 26.7. The van der Waals surface area contributed by atoms with Crippen LogP contribution in [0, 0.1) is 5.92 Å². The SMILES string of the molecule is CC(C)COc1ccc(C(O)=C2C(=O)C(=O)N(CCO)C2c2cccc(Br)c2)cc1. The molecule has 1 fully saturated rings. The number of aliphatic hydroxyl groups is 2. The van der Waals surface area contributed by atoms with E-state index in [9.17, 15) is 19.8 Å². The van der Waals surface area contributed by atoms with Crippen LogP contribution in [-0.2, 0) is 9.59 Å². The number of rotatable bonds is 7. The molecule has 0 saturated carbocycles. The van der Waals surface area contributed by atoms with Crippen molar-refractivity contribution in [1.29, 1.82) is 0 Å². The van der Waals surface area contributed by atoms with Crippen LogP contribution in [-0.4, -0.2) is 46.6 Å². The van der Waals surface area contributed by atoms with E-state index >= 15 is 0 Å². The maximum absolute atomic E-state index is 12.8. The first-order valence-corrected chi connectivity index (χ1v) is 10.5. The molecule has 0 bridgehead atoms. The van der Waals surface area contributed by atoms with Crippen LogP contribution in [0.15, 0.2) is 58.6 Å². The molecule has 0 aliphatic carbocycles. The number of hydrogen-bond acceptors (Lipinski definition) is 5. The molecule has 2 aromatic carbocycles. The largest absolute Gasteiger partial charge is 0.507 e. The van der Waals surface area contributed by atoms with Crippen LogP contribution in [0.4, 0.5) is 0 Å². The monoisotopic (exact) mass is 473 g/mol. The molecule has 0 radical (unpaired) electrons. The second kappa shape index (κ2) is 9.45. The van der Waals surface area contributed by atoms with Crippen molar-refractivity contribution in [2.75, 3.05) is 19.8 Å². The summed E-state index contributed by atoms with van der Waals surface area (Å²) >= 11 is 3.40. The van der Waals surface area contributed by atoms with Crippen LogP contribution in [0.1, 0.15) is 31.0 Å². The maximum Gasteiger partial charge on any atom is 0.295 e. The third-order valence-electron chi connectivity index (χ3n) is 4.76. The Hall–Kier alpha value is -2.64. The lowest BCUT2D eigenvalue weighted by Gasteiger charge is -2.24. The van der Waals surface area contributed by atoms with Gasteiger partial charge in [0.15, 0.2) is 0 Å². The van der Waals surface area contributed by atoms with E-state index in [0.717, 1.165) is 4.47 Å². The number of halogens is 1. The van der Waals surface area contributed by atoms with Gasteiger partial charge in [0.2, 0.25) is 0 Å². The Bertz CT molecular complexity index is 968. The van der Waals surface area contributed by atoms with E-state index in [0.29, 0.717) is 29.4 Å². The first-order chi connectivity index (χ1) is 14.3. The van der Waals surface area contributed by atoms with Gasteiger partial charge in [-0.05, 0) is 47.9 Å². The second-order valence-electron chi connectivity index (χ2n) is 7.50. The molecule has 2 N–H and O–H groups in total. The van der Waals surface area contributed by atoms with Crippen molar-refractivity contribution in [2.45, 2.75) is 19.9 Å². The molecule has 1 unspecified atom stereocenters. The molecule has 3 rings (SSSR count). The van der Waals surface area contributed by atoms with Gasteiger partial charge in [-0.3, -0.25) is 9.59 Å². The van der Waals surface area contributed by atoms with E-state index in [2.05, 4.69) is 15.9 Å². The number of hydrogen-bond donors (Lipinski definition) is 2. The third-order valence-corrected chi connectivity index (χ3v) is 5.25. The van der Waals surface area contributed by atoms with Crippen LogP contribution in [0.5, 0.6) is 5.75 Å². The molecule has 1 heterocycles. The zero-order valence-electron chi connectivity index (χ0n) is 16.8. The molecule has 0 aromatic heterocycles. The summed E-state index contributed by atoms with van der Waals surface area (Å²) in [6, 6.07) is 13.2. The zero-order valence-corrected chi connectivity index (χ0v) is 18.4. The summed E-state index contributed by atoms with van der Waals surface area (Å²) in [5.41, 5.74) is 1.08. The van der Waals surface area contributed by atoms with E-state index in [1.54, 1.807) is 42.5 Å². The minimum absolute atomic E-state index is 0.00222. The number of nitrogens with zero attached hydrogens (tertiary/aromatic N) is 1. The molecule has 2 aromatic rings. The maximum atomic E-state index is 12.8. The van der Waals surface area contributed by atoms with Crippen molar-refractivity contribution in [1.82, 2.24) is 4.90 Å². The summed E-state index contributed by atoms with van der Waals surface area (Å²) in [6.45, 7) is 4.36. The summed E-state index contributed by atoms with van der Waals surface area (Å²) in [7, 11) is 0. The molecule has 0 spiro atoms. The third kappa shape index (κ3) is 4.57. The molecule has 7 heteroatoms. The van der Waals surface area contributed by atoms with E-state index in [-0.39, 0.29) is 24.5 Å². The first kappa shape index (κ1) is 22.1. The van der Waals surface area contributed by atoms with Crippen LogP contribution in [0.2, 0.25) is 0 Å². The molecular formula is C23H24BrNO5. The minimum atomic E-state index is -0.786. The average Bonchev–Trinajstić information content (AvgIpc) is 2.97. The number of carbonyl (C=O) groups excluding carboxylic acids is 2. The predicted molar refractivity (Wildman–Crippen MR) is 117 cm³/mol. The van der Waals surface area contributed by atoms with Crippen molar-refractivity contribution >= 4 is 33.4 Å². The molecule has 6 nitrogen and oxygen atoms in total. The highest BCUT2D eigenvalue weighted by Gasteiger charge is 2.45. The highest BCUT2D eigenvalue weighted by Crippen LogP contribution is 2.39. The molecule has 1 saturated heterocycles.